The number of rotatable bonds is 4. The summed E-state index contributed by atoms with van der Waals surface area (Å²) in [6.07, 6.45) is 3.91. The maximum absolute atomic E-state index is 11.6. The van der Waals surface area contributed by atoms with E-state index in [9.17, 15) is 9.90 Å². The molecule has 0 saturated carbocycles. The molecule has 1 aromatic carbocycles. The van der Waals surface area contributed by atoms with Gasteiger partial charge in [-0.05, 0) is 55.9 Å². The van der Waals surface area contributed by atoms with Crippen molar-refractivity contribution in [3.63, 3.8) is 0 Å². The van der Waals surface area contributed by atoms with E-state index in [1.807, 2.05) is 18.7 Å². The van der Waals surface area contributed by atoms with Crippen molar-refractivity contribution in [2.24, 2.45) is 0 Å². The molecule has 108 valence electrons. The molecular weight excluding hydrogens is 250 g/mol. The van der Waals surface area contributed by atoms with Crippen LogP contribution in [0.25, 0.3) is 0 Å². The van der Waals surface area contributed by atoms with Crippen LogP contribution in [0.3, 0.4) is 0 Å². The molecule has 1 aliphatic rings. The Bertz CT molecular complexity index is 514. The Morgan fingerprint density at radius 2 is 2.20 bits per heavy atom. The van der Waals surface area contributed by atoms with Gasteiger partial charge < -0.3 is 10.0 Å². The highest BCUT2D eigenvalue weighted by atomic mass is 16.3. The molecule has 1 aliphatic heterocycles. The summed E-state index contributed by atoms with van der Waals surface area (Å²) in [5.74, 6) is 0.00163. The van der Waals surface area contributed by atoms with Crippen LogP contribution in [0.1, 0.15) is 37.0 Å². The van der Waals surface area contributed by atoms with Crippen molar-refractivity contribution in [3.05, 3.63) is 47.5 Å². The molecule has 20 heavy (non-hydrogen) atoms. The summed E-state index contributed by atoms with van der Waals surface area (Å²) in [4.78, 5) is 13.5. The first-order valence-corrected chi connectivity index (χ1v) is 7.13. The van der Waals surface area contributed by atoms with Gasteiger partial charge in [0, 0.05) is 13.1 Å². The fraction of sp³-hybridized carbons (Fsp3) is 0.471. The number of hydrogen-bond donors (Lipinski definition) is 1. The second-order valence-corrected chi connectivity index (χ2v) is 6.13. The Kier molecular flexibility index (Phi) is 4.29. The minimum Gasteiger partial charge on any atom is -0.390 e. The second kappa shape index (κ2) is 5.80. The van der Waals surface area contributed by atoms with E-state index in [0.717, 1.165) is 25.8 Å². The lowest BCUT2D eigenvalue weighted by molar-refractivity contribution is -0.126. The monoisotopic (exact) mass is 273 g/mol. The summed E-state index contributed by atoms with van der Waals surface area (Å²) in [5.41, 5.74) is 3.18. The normalized spacial score (nSPS) is 14.8. The Labute approximate surface area is 120 Å². The molecule has 0 bridgehead atoms. The molecule has 0 atom stereocenters. The number of aliphatic hydroxyl groups is 1. The number of carbonyl (C=O) groups is 1. The van der Waals surface area contributed by atoms with Crippen LogP contribution < -0.4 is 0 Å². The van der Waals surface area contributed by atoms with Crippen LogP contribution >= 0.6 is 0 Å². The smallest absolute Gasteiger partial charge is 0.246 e. The average molecular weight is 273 g/mol. The zero-order chi connectivity index (χ0) is 14.8. The van der Waals surface area contributed by atoms with Gasteiger partial charge in [0.05, 0.1) is 5.60 Å². The van der Waals surface area contributed by atoms with Crippen LogP contribution in [0, 0.1) is 0 Å². The lowest BCUT2D eigenvalue weighted by Crippen LogP contribution is -2.34. The van der Waals surface area contributed by atoms with Crippen LogP contribution in [-0.4, -0.2) is 28.1 Å². The highest BCUT2D eigenvalue weighted by Gasteiger charge is 2.19. The molecule has 1 heterocycles. The quantitative estimate of drug-likeness (QED) is 0.856. The lowest BCUT2D eigenvalue weighted by Gasteiger charge is -2.28. The zero-order valence-electron chi connectivity index (χ0n) is 12.4. The topological polar surface area (TPSA) is 40.5 Å². The summed E-state index contributed by atoms with van der Waals surface area (Å²) in [6, 6.07) is 6.43. The molecule has 3 heteroatoms. The first-order valence-electron chi connectivity index (χ1n) is 7.13. The molecule has 0 aromatic heterocycles. The van der Waals surface area contributed by atoms with Gasteiger partial charge in [-0.25, -0.2) is 0 Å². The number of amides is 1. The molecule has 0 aliphatic carbocycles. The van der Waals surface area contributed by atoms with Gasteiger partial charge in [0.15, 0.2) is 0 Å². The predicted molar refractivity (Wildman–Crippen MR) is 80.4 cm³/mol. The number of hydrogen-bond acceptors (Lipinski definition) is 2. The Hall–Kier alpha value is -1.61. The van der Waals surface area contributed by atoms with E-state index in [4.69, 9.17) is 0 Å². The number of carbonyl (C=O) groups excluding carboxylic acids is 1. The van der Waals surface area contributed by atoms with Crippen LogP contribution in [0.2, 0.25) is 0 Å². The number of benzene rings is 1. The van der Waals surface area contributed by atoms with Crippen LogP contribution in [0.15, 0.2) is 30.9 Å². The third-order valence-electron chi connectivity index (χ3n) is 3.79. The Balaban J connectivity index is 2.07. The van der Waals surface area contributed by atoms with Crippen molar-refractivity contribution in [1.82, 2.24) is 4.90 Å². The standard InChI is InChI=1S/C17H23NO2/c1-4-16(19)18-10-8-14-11-13(5-6-15(14)12-18)7-9-17(2,3)20/h4-6,11,20H,1,7-10,12H2,2-3H3. The second-order valence-electron chi connectivity index (χ2n) is 6.13. The van der Waals surface area contributed by atoms with Crippen molar-refractivity contribution < 1.29 is 9.90 Å². The Morgan fingerprint density at radius 1 is 1.45 bits per heavy atom. The molecule has 1 aromatic rings. The molecule has 1 N–H and O–H groups in total. The van der Waals surface area contributed by atoms with E-state index >= 15 is 0 Å². The molecule has 0 fully saturated rings. The SMILES string of the molecule is C=CC(=O)N1CCc2cc(CCC(C)(C)O)ccc2C1. The van der Waals surface area contributed by atoms with Gasteiger partial charge in [0.25, 0.3) is 0 Å². The maximum atomic E-state index is 11.6. The summed E-state index contributed by atoms with van der Waals surface area (Å²) in [5, 5.41) is 9.79. The molecular formula is C17H23NO2. The summed E-state index contributed by atoms with van der Waals surface area (Å²) >= 11 is 0. The zero-order valence-corrected chi connectivity index (χ0v) is 12.4. The van der Waals surface area contributed by atoms with Crippen molar-refractivity contribution in [3.8, 4) is 0 Å². The fourth-order valence-corrected chi connectivity index (χ4v) is 2.53. The van der Waals surface area contributed by atoms with Gasteiger partial charge in [-0.15, -0.1) is 0 Å². The van der Waals surface area contributed by atoms with Crippen molar-refractivity contribution >= 4 is 5.91 Å². The van der Waals surface area contributed by atoms with E-state index in [2.05, 4.69) is 24.8 Å². The highest BCUT2D eigenvalue weighted by Crippen LogP contribution is 2.22. The van der Waals surface area contributed by atoms with Gasteiger partial charge in [0.2, 0.25) is 5.91 Å². The van der Waals surface area contributed by atoms with Crippen LogP contribution in [0.5, 0.6) is 0 Å². The maximum Gasteiger partial charge on any atom is 0.246 e. The molecule has 0 saturated heterocycles. The van der Waals surface area contributed by atoms with Gasteiger partial charge in [-0.2, -0.15) is 0 Å². The number of fused-ring (bicyclic) bond motifs is 1. The van der Waals surface area contributed by atoms with E-state index < -0.39 is 5.60 Å². The predicted octanol–water partition coefficient (Wildman–Crippen LogP) is 2.46. The third-order valence-corrected chi connectivity index (χ3v) is 3.79. The van der Waals surface area contributed by atoms with Crippen LogP contribution in [0.4, 0.5) is 0 Å². The fourth-order valence-electron chi connectivity index (χ4n) is 2.53. The molecule has 0 spiro atoms. The van der Waals surface area contributed by atoms with E-state index in [1.54, 1.807) is 0 Å². The largest absolute Gasteiger partial charge is 0.390 e. The number of nitrogens with zero attached hydrogens (tertiary/aromatic N) is 1. The van der Waals surface area contributed by atoms with Crippen molar-refractivity contribution in [1.29, 1.82) is 0 Å². The van der Waals surface area contributed by atoms with E-state index in [-0.39, 0.29) is 5.91 Å². The minimum absolute atomic E-state index is 0.00163. The minimum atomic E-state index is -0.622. The van der Waals surface area contributed by atoms with Crippen molar-refractivity contribution in [2.75, 3.05) is 6.54 Å². The molecule has 1 amide bonds. The van der Waals surface area contributed by atoms with Gasteiger partial charge >= 0.3 is 0 Å². The summed E-state index contributed by atoms with van der Waals surface area (Å²) < 4.78 is 0. The summed E-state index contributed by atoms with van der Waals surface area (Å²) in [6.45, 7) is 8.64. The molecule has 0 radical (unpaired) electrons. The molecule has 0 unspecified atom stereocenters. The van der Waals surface area contributed by atoms with Gasteiger partial charge in [-0.3, -0.25) is 4.79 Å². The van der Waals surface area contributed by atoms with Crippen molar-refractivity contribution in [2.45, 2.75) is 45.3 Å². The lowest BCUT2D eigenvalue weighted by atomic mass is 9.93. The number of aryl methyl sites for hydroxylation is 1. The first kappa shape index (κ1) is 14.8. The first-order chi connectivity index (χ1) is 9.39. The summed E-state index contributed by atoms with van der Waals surface area (Å²) in [7, 11) is 0. The highest BCUT2D eigenvalue weighted by molar-refractivity contribution is 5.87. The van der Waals surface area contributed by atoms with E-state index in [1.165, 1.54) is 22.8 Å². The molecule has 3 nitrogen and oxygen atoms in total. The van der Waals surface area contributed by atoms with Gasteiger partial charge in [0.1, 0.15) is 0 Å². The van der Waals surface area contributed by atoms with Gasteiger partial charge in [-0.1, -0.05) is 24.8 Å². The third kappa shape index (κ3) is 3.70. The Morgan fingerprint density at radius 3 is 2.85 bits per heavy atom. The average Bonchev–Trinajstić information content (AvgIpc) is 2.42. The van der Waals surface area contributed by atoms with Crippen LogP contribution in [-0.2, 0) is 24.2 Å². The van der Waals surface area contributed by atoms with E-state index in [0.29, 0.717) is 6.54 Å². The molecule has 2 rings (SSSR count).